The molecule has 8 nitrogen and oxygen atoms in total. The lowest BCUT2D eigenvalue weighted by atomic mass is 10.2. The molecule has 162 valence electrons. The fourth-order valence-corrected chi connectivity index (χ4v) is 5.00. The number of nitrogens with one attached hydrogen (secondary N) is 1. The number of anilines is 1. The van der Waals surface area contributed by atoms with Crippen molar-refractivity contribution in [2.24, 2.45) is 0 Å². The molecule has 0 aliphatic carbocycles. The molecular formula is C22H24N4O4S. The van der Waals surface area contributed by atoms with Crippen LogP contribution in [-0.4, -0.2) is 54.9 Å². The highest BCUT2D eigenvalue weighted by Crippen LogP contribution is 2.20. The first-order chi connectivity index (χ1) is 14.9. The van der Waals surface area contributed by atoms with Crippen molar-refractivity contribution in [2.75, 3.05) is 31.5 Å². The number of piperazine rings is 1. The quantitative estimate of drug-likeness (QED) is 0.633. The summed E-state index contributed by atoms with van der Waals surface area (Å²) in [4.78, 5) is 14.8. The molecule has 1 N–H and O–H groups in total. The molecule has 1 aliphatic heterocycles. The summed E-state index contributed by atoms with van der Waals surface area (Å²) in [6.07, 6.45) is 0. The Balaban J connectivity index is 1.42. The summed E-state index contributed by atoms with van der Waals surface area (Å²) < 4.78 is 32.7. The Morgan fingerprint density at radius 2 is 1.77 bits per heavy atom. The van der Waals surface area contributed by atoms with Crippen molar-refractivity contribution in [2.45, 2.75) is 18.4 Å². The molecule has 1 amide bonds. The number of hydrogen-bond donors (Lipinski definition) is 1. The number of aromatic nitrogens is 1. The van der Waals surface area contributed by atoms with Crippen molar-refractivity contribution in [3.63, 3.8) is 0 Å². The molecule has 0 radical (unpaired) electrons. The summed E-state index contributed by atoms with van der Waals surface area (Å²) >= 11 is 0. The number of carbonyl (C=O) groups is 1. The van der Waals surface area contributed by atoms with Crippen LogP contribution in [0.4, 0.5) is 5.82 Å². The van der Waals surface area contributed by atoms with E-state index >= 15 is 0 Å². The molecule has 2 heterocycles. The van der Waals surface area contributed by atoms with E-state index in [1.54, 1.807) is 25.1 Å². The van der Waals surface area contributed by atoms with E-state index in [1.807, 2.05) is 18.2 Å². The number of amides is 1. The molecule has 9 heteroatoms. The first kappa shape index (κ1) is 21.2. The van der Waals surface area contributed by atoms with Gasteiger partial charge in [0.05, 0.1) is 4.90 Å². The predicted octanol–water partition coefficient (Wildman–Crippen LogP) is 2.74. The number of nitrogens with zero attached hydrogens (tertiary/aromatic N) is 3. The van der Waals surface area contributed by atoms with Gasteiger partial charge in [-0.1, -0.05) is 41.6 Å². The molecule has 4 rings (SSSR count). The zero-order valence-electron chi connectivity index (χ0n) is 17.2. The number of rotatable bonds is 6. The molecule has 2 aromatic carbocycles. The zero-order chi connectivity index (χ0) is 21.8. The van der Waals surface area contributed by atoms with Crippen LogP contribution in [0.1, 0.15) is 21.7 Å². The average Bonchev–Trinajstić information content (AvgIpc) is 3.19. The SMILES string of the molecule is Cc1cc(NC(=O)c2cccc(S(=O)(=O)N3CCN(Cc4ccccc4)CC3)c2)no1. The highest BCUT2D eigenvalue weighted by Gasteiger charge is 2.29. The van der Waals surface area contributed by atoms with E-state index in [-0.39, 0.29) is 16.3 Å². The van der Waals surface area contributed by atoms with Gasteiger partial charge in [-0.3, -0.25) is 9.69 Å². The molecule has 0 atom stereocenters. The fourth-order valence-electron chi connectivity index (χ4n) is 3.53. The third kappa shape index (κ3) is 5.01. The molecular weight excluding hydrogens is 416 g/mol. The van der Waals surface area contributed by atoms with E-state index < -0.39 is 15.9 Å². The minimum atomic E-state index is -3.69. The van der Waals surface area contributed by atoms with Crippen molar-refractivity contribution in [1.82, 2.24) is 14.4 Å². The molecule has 0 bridgehead atoms. The van der Waals surface area contributed by atoms with Crippen LogP contribution < -0.4 is 5.32 Å². The Bertz CT molecular complexity index is 1150. The van der Waals surface area contributed by atoms with Crippen LogP contribution in [0.5, 0.6) is 0 Å². The zero-order valence-corrected chi connectivity index (χ0v) is 18.0. The lowest BCUT2D eigenvalue weighted by Crippen LogP contribution is -2.48. The molecule has 1 saturated heterocycles. The van der Waals surface area contributed by atoms with Gasteiger partial charge in [0.15, 0.2) is 5.82 Å². The van der Waals surface area contributed by atoms with Gasteiger partial charge < -0.3 is 9.84 Å². The highest BCUT2D eigenvalue weighted by atomic mass is 32.2. The first-order valence-corrected chi connectivity index (χ1v) is 11.5. The number of sulfonamides is 1. The van der Waals surface area contributed by atoms with E-state index in [0.29, 0.717) is 31.9 Å². The molecule has 3 aromatic rings. The van der Waals surface area contributed by atoms with Crippen molar-refractivity contribution in [1.29, 1.82) is 0 Å². The maximum Gasteiger partial charge on any atom is 0.256 e. The minimum Gasteiger partial charge on any atom is -0.360 e. The summed E-state index contributed by atoms with van der Waals surface area (Å²) in [7, 11) is -3.69. The van der Waals surface area contributed by atoms with Crippen LogP contribution in [-0.2, 0) is 16.6 Å². The minimum absolute atomic E-state index is 0.105. The Labute approximate surface area is 181 Å². The van der Waals surface area contributed by atoms with Gasteiger partial charge in [0.1, 0.15) is 5.76 Å². The van der Waals surface area contributed by atoms with E-state index in [0.717, 1.165) is 6.54 Å². The number of carbonyl (C=O) groups excluding carboxylic acids is 1. The lowest BCUT2D eigenvalue weighted by Gasteiger charge is -2.34. The Kier molecular flexibility index (Phi) is 6.17. The summed E-state index contributed by atoms with van der Waals surface area (Å²) in [6.45, 7) is 4.63. The maximum atomic E-state index is 13.1. The molecule has 0 unspecified atom stereocenters. The fraction of sp³-hybridized carbons (Fsp3) is 0.273. The van der Waals surface area contributed by atoms with Crippen LogP contribution in [0, 0.1) is 6.92 Å². The van der Waals surface area contributed by atoms with Crippen molar-refractivity contribution in [3.8, 4) is 0 Å². The highest BCUT2D eigenvalue weighted by molar-refractivity contribution is 7.89. The van der Waals surface area contributed by atoms with Crippen molar-refractivity contribution in [3.05, 3.63) is 77.6 Å². The summed E-state index contributed by atoms with van der Waals surface area (Å²) in [5, 5.41) is 6.33. The predicted molar refractivity (Wildman–Crippen MR) is 116 cm³/mol. The second-order valence-electron chi connectivity index (χ2n) is 7.47. The summed E-state index contributed by atoms with van der Waals surface area (Å²) in [6, 6.07) is 17.8. The van der Waals surface area contributed by atoms with Gasteiger partial charge in [-0.05, 0) is 30.7 Å². The van der Waals surface area contributed by atoms with Crippen molar-refractivity contribution < 1.29 is 17.7 Å². The topological polar surface area (TPSA) is 95.8 Å². The Hall–Kier alpha value is -3.01. The lowest BCUT2D eigenvalue weighted by molar-refractivity contribution is 0.102. The van der Waals surface area contributed by atoms with E-state index in [9.17, 15) is 13.2 Å². The summed E-state index contributed by atoms with van der Waals surface area (Å²) in [5.41, 5.74) is 1.45. The molecule has 1 fully saturated rings. The van der Waals surface area contributed by atoms with Crippen molar-refractivity contribution >= 4 is 21.7 Å². The van der Waals surface area contributed by atoms with Gasteiger partial charge in [0, 0.05) is 44.4 Å². The van der Waals surface area contributed by atoms with Gasteiger partial charge in [0.2, 0.25) is 10.0 Å². The van der Waals surface area contributed by atoms with Crippen LogP contribution in [0.3, 0.4) is 0 Å². The van der Waals surface area contributed by atoms with Gasteiger partial charge >= 0.3 is 0 Å². The molecule has 1 aromatic heterocycles. The number of hydrogen-bond acceptors (Lipinski definition) is 6. The first-order valence-electron chi connectivity index (χ1n) is 10.0. The monoisotopic (exact) mass is 440 g/mol. The second-order valence-corrected chi connectivity index (χ2v) is 9.41. The van der Waals surface area contributed by atoms with Crippen LogP contribution in [0.2, 0.25) is 0 Å². The van der Waals surface area contributed by atoms with E-state index in [4.69, 9.17) is 4.52 Å². The van der Waals surface area contributed by atoms with Gasteiger partial charge in [-0.15, -0.1) is 0 Å². The van der Waals surface area contributed by atoms with Crippen LogP contribution in [0.25, 0.3) is 0 Å². The Morgan fingerprint density at radius 3 is 2.45 bits per heavy atom. The largest absolute Gasteiger partial charge is 0.360 e. The van der Waals surface area contributed by atoms with E-state index in [1.165, 1.54) is 22.0 Å². The maximum absolute atomic E-state index is 13.1. The standard InChI is InChI=1S/C22H24N4O4S/c1-17-14-21(24-30-17)23-22(27)19-8-5-9-20(15-19)31(28,29)26-12-10-25(11-13-26)16-18-6-3-2-4-7-18/h2-9,14-15H,10-13,16H2,1H3,(H,23,24,27). The average molecular weight is 441 g/mol. The molecule has 0 saturated carbocycles. The van der Waals surface area contributed by atoms with E-state index in [2.05, 4.69) is 27.5 Å². The third-order valence-electron chi connectivity index (χ3n) is 5.18. The molecule has 1 aliphatic rings. The Morgan fingerprint density at radius 1 is 1.03 bits per heavy atom. The second kappa shape index (κ2) is 9.01. The smallest absolute Gasteiger partial charge is 0.256 e. The molecule has 0 spiro atoms. The van der Waals surface area contributed by atoms with Gasteiger partial charge in [-0.2, -0.15) is 4.31 Å². The number of benzene rings is 2. The number of aryl methyl sites for hydroxylation is 1. The molecule has 31 heavy (non-hydrogen) atoms. The third-order valence-corrected chi connectivity index (χ3v) is 7.08. The van der Waals surface area contributed by atoms with Crippen LogP contribution in [0.15, 0.2) is 70.1 Å². The van der Waals surface area contributed by atoms with Gasteiger partial charge in [0.25, 0.3) is 5.91 Å². The van der Waals surface area contributed by atoms with Gasteiger partial charge in [-0.25, -0.2) is 8.42 Å². The van der Waals surface area contributed by atoms with Crippen LogP contribution >= 0.6 is 0 Å². The normalized spacial score (nSPS) is 15.6. The summed E-state index contributed by atoms with van der Waals surface area (Å²) in [5.74, 6) is 0.404.